The van der Waals surface area contributed by atoms with E-state index in [4.69, 9.17) is 9.72 Å². The van der Waals surface area contributed by atoms with E-state index in [-0.39, 0.29) is 5.91 Å². The summed E-state index contributed by atoms with van der Waals surface area (Å²) in [6, 6.07) is 15.3. The summed E-state index contributed by atoms with van der Waals surface area (Å²) in [6.45, 7) is 7.40. The SMILES string of the molecule is CCCn1nc(NC(=O)c2ccc(OCC)cc2)c2cc3ccc(C)cc3nc21. The molecule has 0 aliphatic heterocycles. The molecule has 4 rings (SSSR count). The van der Waals surface area contributed by atoms with Crippen LogP contribution in [0.1, 0.15) is 36.2 Å². The van der Waals surface area contributed by atoms with Gasteiger partial charge in [0.2, 0.25) is 0 Å². The van der Waals surface area contributed by atoms with Gasteiger partial charge in [0, 0.05) is 17.5 Å². The van der Waals surface area contributed by atoms with E-state index < -0.39 is 0 Å². The fourth-order valence-electron chi connectivity index (χ4n) is 3.37. The number of benzene rings is 2. The number of rotatable bonds is 6. The van der Waals surface area contributed by atoms with Crippen LogP contribution >= 0.6 is 0 Å². The molecule has 29 heavy (non-hydrogen) atoms. The molecule has 0 bridgehead atoms. The van der Waals surface area contributed by atoms with Gasteiger partial charge in [-0.25, -0.2) is 9.67 Å². The molecule has 0 aliphatic rings. The number of ether oxygens (including phenoxy) is 1. The maximum atomic E-state index is 12.8. The summed E-state index contributed by atoms with van der Waals surface area (Å²) in [5.41, 5.74) is 3.43. The standard InChI is InChI=1S/C23H24N4O2/c1-4-12-27-22-19(14-17-7-6-15(3)13-20(17)24-22)21(26-27)25-23(28)16-8-10-18(11-9-16)29-5-2/h6-11,13-14H,4-5,12H2,1-3H3,(H,25,26,28). The van der Waals surface area contributed by atoms with E-state index in [1.807, 2.05) is 23.7 Å². The quantitative estimate of drug-likeness (QED) is 0.507. The van der Waals surface area contributed by atoms with Gasteiger partial charge in [-0.2, -0.15) is 5.10 Å². The minimum absolute atomic E-state index is 0.208. The van der Waals surface area contributed by atoms with Crippen molar-refractivity contribution in [3.8, 4) is 5.75 Å². The zero-order valence-electron chi connectivity index (χ0n) is 16.9. The summed E-state index contributed by atoms with van der Waals surface area (Å²) in [7, 11) is 0. The molecule has 0 radical (unpaired) electrons. The molecular weight excluding hydrogens is 364 g/mol. The molecular formula is C23H24N4O2. The van der Waals surface area contributed by atoms with E-state index in [2.05, 4.69) is 36.4 Å². The number of nitrogens with one attached hydrogen (secondary N) is 1. The van der Waals surface area contributed by atoms with Crippen molar-refractivity contribution in [2.45, 2.75) is 33.7 Å². The third kappa shape index (κ3) is 3.78. The minimum Gasteiger partial charge on any atom is -0.494 e. The number of carbonyl (C=O) groups excluding carboxylic acids is 1. The third-order valence-corrected chi connectivity index (χ3v) is 4.77. The number of anilines is 1. The van der Waals surface area contributed by atoms with Crippen molar-refractivity contribution < 1.29 is 9.53 Å². The fraction of sp³-hybridized carbons (Fsp3) is 0.261. The Labute approximate surface area is 169 Å². The van der Waals surface area contributed by atoms with Crippen LogP contribution < -0.4 is 10.1 Å². The monoisotopic (exact) mass is 388 g/mol. The number of hydrogen-bond acceptors (Lipinski definition) is 4. The average molecular weight is 388 g/mol. The first-order valence-electron chi connectivity index (χ1n) is 9.91. The average Bonchev–Trinajstić information content (AvgIpc) is 3.03. The highest BCUT2D eigenvalue weighted by Gasteiger charge is 2.16. The van der Waals surface area contributed by atoms with Crippen LogP contribution in [0.15, 0.2) is 48.5 Å². The number of nitrogens with zero attached hydrogens (tertiary/aromatic N) is 3. The third-order valence-electron chi connectivity index (χ3n) is 4.77. The molecule has 0 atom stereocenters. The first-order valence-corrected chi connectivity index (χ1v) is 9.91. The molecule has 0 fully saturated rings. The van der Waals surface area contributed by atoms with Crippen LogP contribution in [0.5, 0.6) is 5.75 Å². The number of fused-ring (bicyclic) bond motifs is 2. The molecule has 0 aliphatic carbocycles. The second-order valence-electron chi connectivity index (χ2n) is 7.04. The molecule has 148 valence electrons. The molecule has 2 aromatic carbocycles. The summed E-state index contributed by atoms with van der Waals surface area (Å²) in [5, 5.41) is 9.46. The summed E-state index contributed by atoms with van der Waals surface area (Å²) in [5.74, 6) is 1.06. The Hall–Kier alpha value is -3.41. The number of hydrogen-bond donors (Lipinski definition) is 1. The zero-order valence-corrected chi connectivity index (χ0v) is 16.9. The van der Waals surface area contributed by atoms with Crippen molar-refractivity contribution >= 4 is 33.7 Å². The zero-order chi connectivity index (χ0) is 20.4. The predicted octanol–water partition coefficient (Wildman–Crippen LogP) is 4.95. The van der Waals surface area contributed by atoms with E-state index in [1.165, 1.54) is 0 Å². The summed E-state index contributed by atoms with van der Waals surface area (Å²) in [6.07, 6.45) is 0.927. The highest BCUT2D eigenvalue weighted by Crippen LogP contribution is 2.27. The molecule has 0 saturated carbocycles. The van der Waals surface area contributed by atoms with Crippen LogP contribution in [-0.4, -0.2) is 27.3 Å². The normalized spacial score (nSPS) is 11.1. The minimum atomic E-state index is -0.208. The molecule has 2 heterocycles. The van der Waals surface area contributed by atoms with Crippen LogP contribution in [-0.2, 0) is 6.54 Å². The maximum absolute atomic E-state index is 12.8. The van der Waals surface area contributed by atoms with E-state index >= 15 is 0 Å². The van der Waals surface area contributed by atoms with Crippen LogP contribution in [0.4, 0.5) is 5.82 Å². The number of carbonyl (C=O) groups is 1. The Morgan fingerprint density at radius 1 is 1.10 bits per heavy atom. The van der Waals surface area contributed by atoms with Gasteiger partial charge in [-0.3, -0.25) is 4.79 Å². The summed E-state index contributed by atoms with van der Waals surface area (Å²) < 4.78 is 7.31. The topological polar surface area (TPSA) is 69.0 Å². The van der Waals surface area contributed by atoms with Crippen LogP contribution in [0, 0.1) is 6.92 Å². The molecule has 6 nitrogen and oxygen atoms in total. The molecule has 1 N–H and O–H groups in total. The van der Waals surface area contributed by atoms with Gasteiger partial charge < -0.3 is 10.1 Å². The van der Waals surface area contributed by atoms with E-state index in [0.717, 1.165) is 46.2 Å². The van der Waals surface area contributed by atoms with Crippen LogP contribution in [0.3, 0.4) is 0 Å². The predicted molar refractivity (Wildman–Crippen MR) is 116 cm³/mol. The van der Waals surface area contributed by atoms with Gasteiger partial charge in [0.15, 0.2) is 11.5 Å². The first-order chi connectivity index (χ1) is 14.1. The lowest BCUT2D eigenvalue weighted by molar-refractivity contribution is 0.102. The second-order valence-corrected chi connectivity index (χ2v) is 7.04. The Morgan fingerprint density at radius 2 is 1.90 bits per heavy atom. The van der Waals surface area contributed by atoms with Crippen molar-refractivity contribution in [2.75, 3.05) is 11.9 Å². The lowest BCUT2D eigenvalue weighted by Crippen LogP contribution is -2.13. The molecule has 4 aromatic rings. The van der Waals surface area contributed by atoms with Crippen molar-refractivity contribution in [3.63, 3.8) is 0 Å². The first kappa shape index (κ1) is 18.9. The molecule has 1 amide bonds. The van der Waals surface area contributed by atoms with Gasteiger partial charge in [-0.05, 0) is 62.2 Å². The molecule has 0 unspecified atom stereocenters. The fourth-order valence-corrected chi connectivity index (χ4v) is 3.37. The van der Waals surface area contributed by atoms with Crippen LogP contribution in [0.25, 0.3) is 21.9 Å². The maximum Gasteiger partial charge on any atom is 0.256 e. The molecule has 0 spiro atoms. The van der Waals surface area contributed by atoms with Crippen LogP contribution in [0.2, 0.25) is 0 Å². The molecule has 6 heteroatoms. The van der Waals surface area contributed by atoms with E-state index in [9.17, 15) is 4.79 Å². The smallest absolute Gasteiger partial charge is 0.256 e. The highest BCUT2D eigenvalue weighted by atomic mass is 16.5. The van der Waals surface area contributed by atoms with Crippen molar-refractivity contribution in [3.05, 3.63) is 59.7 Å². The van der Waals surface area contributed by atoms with Gasteiger partial charge in [0.25, 0.3) is 5.91 Å². The number of aryl methyl sites for hydroxylation is 2. The Balaban J connectivity index is 1.72. The van der Waals surface area contributed by atoms with Gasteiger partial charge in [-0.15, -0.1) is 0 Å². The van der Waals surface area contributed by atoms with Crippen molar-refractivity contribution in [2.24, 2.45) is 0 Å². The lowest BCUT2D eigenvalue weighted by atomic mass is 10.1. The number of amides is 1. The van der Waals surface area contributed by atoms with Crippen molar-refractivity contribution in [1.82, 2.24) is 14.8 Å². The van der Waals surface area contributed by atoms with Crippen molar-refractivity contribution in [1.29, 1.82) is 0 Å². The van der Waals surface area contributed by atoms with Gasteiger partial charge in [-0.1, -0.05) is 19.1 Å². The Bertz CT molecular complexity index is 1180. The largest absolute Gasteiger partial charge is 0.494 e. The van der Waals surface area contributed by atoms with E-state index in [0.29, 0.717) is 18.0 Å². The van der Waals surface area contributed by atoms with Gasteiger partial charge in [0.05, 0.1) is 17.5 Å². The van der Waals surface area contributed by atoms with Gasteiger partial charge in [0.1, 0.15) is 5.75 Å². The second kappa shape index (κ2) is 7.91. The Kier molecular flexibility index (Phi) is 5.16. The van der Waals surface area contributed by atoms with Gasteiger partial charge >= 0.3 is 0 Å². The summed E-state index contributed by atoms with van der Waals surface area (Å²) in [4.78, 5) is 17.6. The highest BCUT2D eigenvalue weighted by molar-refractivity contribution is 6.08. The van der Waals surface area contributed by atoms with E-state index in [1.54, 1.807) is 24.3 Å². The number of aromatic nitrogens is 3. The Morgan fingerprint density at radius 3 is 2.62 bits per heavy atom. The molecule has 2 aromatic heterocycles. The molecule has 0 saturated heterocycles. The lowest BCUT2D eigenvalue weighted by Gasteiger charge is -2.05. The number of pyridine rings is 1. The summed E-state index contributed by atoms with van der Waals surface area (Å²) >= 11 is 0.